The van der Waals surface area contributed by atoms with Crippen LogP contribution in [0, 0.1) is 0 Å². The minimum Gasteiger partial charge on any atom is -0.491 e. The van der Waals surface area contributed by atoms with E-state index >= 15 is 0 Å². The summed E-state index contributed by atoms with van der Waals surface area (Å²) in [4.78, 5) is 18.4. The van der Waals surface area contributed by atoms with Gasteiger partial charge in [0.05, 0.1) is 13.0 Å². The third-order valence-corrected chi connectivity index (χ3v) is 6.34. The number of amides is 1. The summed E-state index contributed by atoms with van der Waals surface area (Å²) in [5.74, 6) is 1.12. The molecule has 1 saturated heterocycles. The SMILES string of the molecule is O=C(Cc1cccs1)N1CCOc2ccc(CN3CCCCCC3)cc2C1. The highest BCUT2D eigenvalue weighted by atomic mass is 32.1. The Hall–Kier alpha value is -1.85. The van der Waals surface area contributed by atoms with Crippen LogP contribution in [0.4, 0.5) is 0 Å². The number of rotatable bonds is 4. The molecule has 0 unspecified atom stereocenters. The first-order chi connectivity index (χ1) is 13.3. The van der Waals surface area contributed by atoms with Crippen LogP contribution in [0.3, 0.4) is 0 Å². The predicted octanol–water partition coefficient (Wildman–Crippen LogP) is 4.09. The van der Waals surface area contributed by atoms with E-state index in [2.05, 4.69) is 23.1 Å². The van der Waals surface area contributed by atoms with Gasteiger partial charge in [-0.1, -0.05) is 25.0 Å². The van der Waals surface area contributed by atoms with Crippen LogP contribution >= 0.6 is 11.3 Å². The number of hydrogen-bond donors (Lipinski definition) is 0. The molecule has 1 aromatic carbocycles. The van der Waals surface area contributed by atoms with Crippen LogP contribution in [0.25, 0.3) is 0 Å². The second-order valence-corrected chi connectivity index (χ2v) is 8.58. The average Bonchev–Trinajstić information content (AvgIpc) is 2.92. The van der Waals surface area contributed by atoms with Crippen LogP contribution in [0.2, 0.25) is 0 Å². The highest BCUT2D eigenvalue weighted by molar-refractivity contribution is 7.10. The molecular formula is C22H28N2O2S. The first kappa shape index (κ1) is 18.5. The summed E-state index contributed by atoms with van der Waals surface area (Å²) in [5.41, 5.74) is 2.46. The van der Waals surface area contributed by atoms with Crippen molar-refractivity contribution in [2.45, 2.75) is 45.2 Å². The molecule has 2 aliphatic rings. The monoisotopic (exact) mass is 384 g/mol. The maximum Gasteiger partial charge on any atom is 0.228 e. The fourth-order valence-corrected chi connectivity index (χ4v) is 4.68. The second-order valence-electron chi connectivity index (χ2n) is 7.55. The Morgan fingerprint density at radius 2 is 1.93 bits per heavy atom. The summed E-state index contributed by atoms with van der Waals surface area (Å²) in [6, 6.07) is 10.6. The molecule has 1 fully saturated rings. The molecule has 4 rings (SSSR count). The van der Waals surface area contributed by atoms with Gasteiger partial charge in [0, 0.05) is 23.5 Å². The van der Waals surface area contributed by atoms with Gasteiger partial charge in [-0.3, -0.25) is 9.69 Å². The van der Waals surface area contributed by atoms with Crippen molar-refractivity contribution in [1.29, 1.82) is 0 Å². The number of thiophene rings is 1. The number of carbonyl (C=O) groups excluding carboxylic acids is 1. The Balaban J connectivity index is 1.44. The molecule has 2 aromatic rings. The number of fused-ring (bicyclic) bond motifs is 1. The van der Waals surface area contributed by atoms with Gasteiger partial charge in [-0.05, 0) is 55.1 Å². The van der Waals surface area contributed by atoms with Crippen molar-refractivity contribution in [3.8, 4) is 5.75 Å². The molecule has 0 radical (unpaired) electrons. The minimum atomic E-state index is 0.187. The smallest absolute Gasteiger partial charge is 0.228 e. The molecule has 1 aromatic heterocycles. The van der Waals surface area contributed by atoms with Gasteiger partial charge in [0.1, 0.15) is 12.4 Å². The predicted molar refractivity (Wildman–Crippen MR) is 109 cm³/mol. The molecule has 3 heterocycles. The summed E-state index contributed by atoms with van der Waals surface area (Å²) in [6.07, 6.45) is 5.81. The van der Waals surface area contributed by atoms with Gasteiger partial charge in [0.25, 0.3) is 0 Å². The third kappa shape index (κ3) is 4.90. The number of benzene rings is 1. The fourth-order valence-electron chi connectivity index (χ4n) is 3.99. The molecule has 4 nitrogen and oxygen atoms in total. The van der Waals surface area contributed by atoms with Gasteiger partial charge in [0.15, 0.2) is 0 Å². The largest absolute Gasteiger partial charge is 0.491 e. The summed E-state index contributed by atoms with van der Waals surface area (Å²) in [7, 11) is 0. The molecule has 5 heteroatoms. The maximum atomic E-state index is 12.7. The van der Waals surface area contributed by atoms with Crippen molar-refractivity contribution in [1.82, 2.24) is 9.80 Å². The van der Waals surface area contributed by atoms with E-state index in [1.165, 1.54) is 44.3 Å². The zero-order chi connectivity index (χ0) is 18.5. The third-order valence-electron chi connectivity index (χ3n) is 5.47. The van der Waals surface area contributed by atoms with Crippen LogP contribution in [0.1, 0.15) is 41.7 Å². The van der Waals surface area contributed by atoms with Crippen molar-refractivity contribution in [2.75, 3.05) is 26.2 Å². The van der Waals surface area contributed by atoms with E-state index < -0.39 is 0 Å². The second kappa shape index (κ2) is 8.89. The molecule has 27 heavy (non-hydrogen) atoms. The van der Waals surface area contributed by atoms with E-state index in [-0.39, 0.29) is 5.91 Å². The number of likely N-dealkylation sites (tertiary alicyclic amines) is 1. The lowest BCUT2D eigenvalue weighted by Gasteiger charge is -2.22. The highest BCUT2D eigenvalue weighted by Crippen LogP contribution is 2.26. The summed E-state index contributed by atoms with van der Waals surface area (Å²) < 4.78 is 5.92. The molecular weight excluding hydrogens is 356 g/mol. The lowest BCUT2D eigenvalue weighted by molar-refractivity contribution is -0.131. The molecule has 0 saturated carbocycles. The zero-order valence-corrected chi connectivity index (χ0v) is 16.7. The van der Waals surface area contributed by atoms with Crippen molar-refractivity contribution in [2.24, 2.45) is 0 Å². The Bertz CT molecular complexity index is 752. The minimum absolute atomic E-state index is 0.187. The average molecular weight is 385 g/mol. The van der Waals surface area contributed by atoms with E-state index in [1.807, 2.05) is 22.4 Å². The zero-order valence-electron chi connectivity index (χ0n) is 15.9. The van der Waals surface area contributed by atoms with E-state index in [9.17, 15) is 4.79 Å². The van der Waals surface area contributed by atoms with Crippen LogP contribution < -0.4 is 4.74 Å². The number of nitrogens with zero attached hydrogens (tertiary/aromatic N) is 2. The Morgan fingerprint density at radius 3 is 2.70 bits per heavy atom. The first-order valence-corrected chi connectivity index (χ1v) is 10.9. The van der Waals surface area contributed by atoms with Crippen molar-refractivity contribution < 1.29 is 9.53 Å². The highest BCUT2D eigenvalue weighted by Gasteiger charge is 2.21. The van der Waals surface area contributed by atoms with Crippen LogP contribution in [-0.2, 0) is 24.3 Å². The summed E-state index contributed by atoms with van der Waals surface area (Å²) >= 11 is 1.65. The van der Waals surface area contributed by atoms with Gasteiger partial charge in [-0.2, -0.15) is 0 Å². The number of carbonyl (C=O) groups is 1. The molecule has 144 valence electrons. The van der Waals surface area contributed by atoms with E-state index in [0.717, 1.165) is 22.7 Å². The number of hydrogen-bond acceptors (Lipinski definition) is 4. The molecule has 0 atom stereocenters. The van der Waals surface area contributed by atoms with Crippen molar-refractivity contribution >= 4 is 17.2 Å². The Morgan fingerprint density at radius 1 is 1.07 bits per heavy atom. The van der Waals surface area contributed by atoms with Crippen molar-refractivity contribution in [3.05, 3.63) is 51.7 Å². The maximum absolute atomic E-state index is 12.7. The van der Waals surface area contributed by atoms with Gasteiger partial charge in [-0.15, -0.1) is 11.3 Å². The van der Waals surface area contributed by atoms with Gasteiger partial charge >= 0.3 is 0 Å². The molecule has 1 amide bonds. The Labute approximate surface area is 165 Å². The van der Waals surface area contributed by atoms with Crippen LogP contribution in [0.5, 0.6) is 5.75 Å². The molecule has 2 aliphatic heterocycles. The lowest BCUT2D eigenvalue weighted by atomic mass is 10.1. The topological polar surface area (TPSA) is 32.8 Å². The Kier molecular flexibility index (Phi) is 6.10. The molecule has 0 bridgehead atoms. The van der Waals surface area contributed by atoms with E-state index in [1.54, 1.807) is 11.3 Å². The quantitative estimate of drug-likeness (QED) is 0.796. The van der Waals surface area contributed by atoms with Crippen LogP contribution in [-0.4, -0.2) is 41.9 Å². The molecule has 0 N–H and O–H groups in total. The number of ether oxygens (including phenoxy) is 1. The van der Waals surface area contributed by atoms with E-state index in [0.29, 0.717) is 26.1 Å². The van der Waals surface area contributed by atoms with Crippen LogP contribution in [0.15, 0.2) is 35.7 Å². The van der Waals surface area contributed by atoms with Crippen molar-refractivity contribution in [3.63, 3.8) is 0 Å². The fraction of sp³-hybridized carbons (Fsp3) is 0.500. The standard InChI is InChI=1S/C22H28N2O2S/c25-22(15-20-6-5-13-27-20)24-11-12-26-21-8-7-18(14-19(21)17-24)16-23-9-3-1-2-4-10-23/h5-8,13-14H,1-4,9-12,15-17H2. The molecule has 0 aliphatic carbocycles. The first-order valence-electron chi connectivity index (χ1n) is 10.0. The van der Waals surface area contributed by atoms with Gasteiger partial charge in [-0.25, -0.2) is 0 Å². The van der Waals surface area contributed by atoms with Gasteiger partial charge in [0.2, 0.25) is 5.91 Å². The summed E-state index contributed by atoms with van der Waals surface area (Å²) in [5, 5.41) is 2.03. The summed E-state index contributed by atoms with van der Waals surface area (Å²) in [6.45, 7) is 5.25. The lowest BCUT2D eigenvalue weighted by Crippen LogP contribution is -2.33. The van der Waals surface area contributed by atoms with E-state index in [4.69, 9.17) is 4.74 Å². The molecule has 0 spiro atoms. The normalized spacial score (nSPS) is 18.3. The van der Waals surface area contributed by atoms with Gasteiger partial charge < -0.3 is 9.64 Å².